The summed E-state index contributed by atoms with van der Waals surface area (Å²) in [6, 6.07) is 18.6. The van der Waals surface area contributed by atoms with Crippen LogP contribution in [0.15, 0.2) is 60.7 Å². The topological polar surface area (TPSA) is 64.1 Å². The molecule has 3 aromatic rings. The molecule has 3 rings (SSSR count). The summed E-state index contributed by atoms with van der Waals surface area (Å²) in [5, 5.41) is 3.46. The number of rotatable bonds is 6. The maximum absolute atomic E-state index is 12.0. The van der Waals surface area contributed by atoms with Gasteiger partial charge in [-0.3, -0.25) is 4.79 Å². The predicted octanol–water partition coefficient (Wildman–Crippen LogP) is 3.80. The van der Waals surface area contributed by atoms with E-state index in [2.05, 4.69) is 15.3 Å². The van der Waals surface area contributed by atoms with Gasteiger partial charge >= 0.3 is 0 Å². The number of aromatic nitrogens is 2. The number of carbonyl (C=O) groups is 1. The third-order valence-corrected chi connectivity index (χ3v) is 3.87. The highest BCUT2D eigenvalue weighted by molar-refractivity contribution is 6.30. The molecule has 0 aliphatic carbocycles. The standard InChI is InChI=1S/C20H18ClN3O2/c1-14-11-19(24-20(23-14)16-7-9-17(21)10-8-16)26-13-18(25)22-12-15-5-3-2-4-6-15/h2-11H,12-13H2,1H3,(H,22,25). The van der Waals surface area contributed by atoms with Crippen LogP contribution in [-0.2, 0) is 11.3 Å². The number of hydrogen-bond acceptors (Lipinski definition) is 4. The molecule has 1 heterocycles. The number of halogens is 1. The van der Waals surface area contributed by atoms with E-state index < -0.39 is 0 Å². The van der Waals surface area contributed by atoms with Crippen molar-refractivity contribution in [2.75, 3.05) is 6.61 Å². The molecule has 26 heavy (non-hydrogen) atoms. The van der Waals surface area contributed by atoms with Gasteiger partial charge in [0.15, 0.2) is 12.4 Å². The molecule has 1 N–H and O–H groups in total. The number of amides is 1. The van der Waals surface area contributed by atoms with E-state index in [-0.39, 0.29) is 12.5 Å². The van der Waals surface area contributed by atoms with E-state index in [9.17, 15) is 4.79 Å². The minimum atomic E-state index is -0.210. The summed E-state index contributed by atoms with van der Waals surface area (Å²) in [5.74, 6) is 0.678. The monoisotopic (exact) mass is 367 g/mol. The molecule has 0 unspecified atom stereocenters. The predicted molar refractivity (Wildman–Crippen MR) is 101 cm³/mol. The summed E-state index contributed by atoms with van der Waals surface area (Å²) < 4.78 is 5.53. The van der Waals surface area contributed by atoms with Crippen molar-refractivity contribution < 1.29 is 9.53 Å². The molecule has 0 atom stereocenters. The van der Waals surface area contributed by atoms with Crippen molar-refractivity contribution in [2.24, 2.45) is 0 Å². The third-order valence-electron chi connectivity index (χ3n) is 3.62. The van der Waals surface area contributed by atoms with Crippen molar-refractivity contribution in [1.82, 2.24) is 15.3 Å². The minimum Gasteiger partial charge on any atom is -0.467 e. The summed E-state index contributed by atoms with van der Waals surface area (Å²) >= 11 is 5.91. The zero-order valence-corrected chi connectivity index (χ0v) is 15.0. The Kier molecular flexibility index (Phi) is 5.81. The Hall–Kier alpha value is -2.92. The first-order valence-corrected chi connectivity index (χ1v) is 8.53. The highest BCUT2D eigenvalue weighted by Crippen LogP contribution is 2.21. The van der Waals surface area contributed by atoms with Gasteiger partial charge in [-0.1, -0.05) is 41.9 Å². The van der Waals surface area contributed by atoms with E-state index in [0.29, 0.717) is 23.3 Å². The van der Waals surface area contributed by atoms with Crippen molar-refractivity contribution in [3.05, 3.63) is 76.9 Å². The average Bonchev–Trinajstić information content (AvgIpc) is 2.66. The van der Waals surface area contributed by atoms with E-state index in [1.165, 1.54) is 0 Å². The lowest BCUT2D eigenvalue weighted by molar-refractivity contribution is -0.123. The zero-order chi connectivity index (χ0) is 18.4. The molecule has 0 fully saturated rings. The number of nitrogens with zero attached hydrogens (tertiary/aromatic N) is 2. The normalized spacial score (nSPS) is 10.4. The second-order valence-electron chi connectivity index (χ2n) is 5.73. The number of aryl methyl sites for hydroxylation is 1. The first kappa shape index (κ1) is 17.9. The van der Waals surface area contributed by atoms with Crippen LogP contribution in [0.25, 0.3) is 11.4 Å². The van der Waals surface area contributed by atoms with Crippen LogP contribution >= 0.6 is 11.6 Å². The molecule has 0 aliphatic heterocycles. The molecule has 2 aromatic carbocycles. The van der Waals surface area contributed by atoms with Gasteiger partial charge in [0.05, 0.1) is 0 Å². The Labute approximate surface area is 157 Å². The summed E-state index contributed by atoms with van der Waals surface area (Å²) in [4.78, 5) is 20.7. The van der Waals surface area contributed by atoms with Crippen LogP contribution in [0.3, 0.4) is 0 Å². The Morgan fingerprint density at radius 1 is 1.08 bits per heavy atom. The maximum Gasteiger partial charge on any atom is 0.258 e. The second-order valence-corrected chi connectivity index (χ2v) is 6.17. The molecule has 6 heteroatoms. The van der Waals surface area contributed by atoms with Crippen molar-refractivity contribution in [2.45, 2.75) is 13.5 Å². The van der Waals surface area contributed by atoms with Crippen LogP contribution in [0, 0.1) is 6.92 Å². The molecule has 0 saturated heterocycles. The van der Waals surface area contributed by atoms with Crippen LogP contribution in [-0.4, -0.2) is 22.5 Å². The quantitative estimate of drug-likeness (QED) is 0.719. The molecular formula is C20H18ClN3O2. The van der Waals surface area contributed by atoms with Crippen LogP contribution in [0.4, 0.5) is 0 Å². The van der Waals surface area contributed by atoms with Crippen LogP contribution < -0.4 is 10.1 Å². The second kappa shape index (κ2) is 8.45. The Bertz CT molecular complexity index is 883. The molecule has 132 valence electrons. The van der Waals surface area contributed by atoms with Gasteiger partial charge < -0.3 is 10.1 Å². The third kappa shape index (κ3) is 5.04. The van der Waals surface area contributed by atoms with E-state index in [4.69, 9.17) is 16.3 Å². The van der Waals surface area contributed by atoms with Crippen LogP contribution in [0.1, 0.15) is 11.3 Å². The first-order valence-electron chi connectivity index (χ1n) is 8.15. The molecule has 0 saturated carbocycles. The number of hydrogen-bond donors (Lipinski definition) is 1. The minimum absolute atomic E-state index is 0.108. The Morgan fingerprint density at radius 3 is 2.54 bits per heavy atom. The highest BCUT2D eigenvalue weighted by Gasteiger charge is 2.08. The van der Waals surface area contributed by atoms with Gasteiger partial charge in [0.1, 0.15) is 0 Å². The van der Waals surface area contributed by atoms with Crippen LogP contribution in [0.2, 0.25) is 5.02 Å². The lowest BCUT2D eigenvalue weighted by Gasteiger charge is -2.09. The Balaban J connectivity index is 1.61. The summed E-state index contributed by atoms with van der Waals surface area (Å²) in [6.45, 7) is 2.20. The van der Waals surface area contributed by atoms with Gasteiger partial charge in [-0.25, -0.2) is 4.98 Å². The number of carbonyl (C=O) groups excluding carboxylic acids is 1. The van der Waals surface area contributed by atoms with Gasteiger partial charge in [-0.2, -0.15) is 4.98 Å². The van der Waals surface area contributed by atoms with E-state index in [0.717, 1.165) is 16.8 Å². The highest BCUT2D eigenvalue weighted by atomic mass is 35.5. The van der Waals surface area contributed by atoms with E-state index in [1.807, 2.05) is 49.4 Å². The summed E-state index contributed by atoms with van der Waals surface area (Å²) in [7, 11) is 0. The molecule has 0 spiro atoms. The SMILES string of the molecule is Cc1cc(OCC(=O)NCc2ccccc2)nc(-c2ccc(Cl)cc2)n1. The molecule has 0 aliphatic rings. The van der Waals surface area contributed by atoms with Gasteiger partial charge in [-0.05, 0) is 36.8 Å². The molecule has 1 amide bonds. The van der Waals surface area contributed by atoms with Gasteiger partial charge in [0.2, 0.25) is 5.88 Å². The summed E-state index contributed by atoms with van der Waals surface area (Å²) in [6.07, 6.45) is 0. The number of ether oxygens (including phenoxy) is 1. The fourth-order valence-electron chi connectivity index (χ4n) is 2.33. The first-order chi connectivity index (χ1) is 12.6. The van der Waals surface area contributed by atoms with Gasteiger partial charge in [-0.15, -0.1) is 0 Å². The van der Waals surface area contributed by atoms with Crippen molar-refractivity contribution in [1.29, 1.82) is 0 Å². The van der Waals surface area contributed by atoms with E-state index >= 15 is 0 Å². The van der Waals surface area contributed by atoms with Gasteiger partial charge in [0.25, 0.3) is 5.91 Å². The smallest absolute Gasteiger partial charge is 0.258 e. The molecular weight excluding hydrogens is 350 g/mol. The van der Waals surface area contributed by atoms with Crippen molar-refractivity contribution in [3.63, 3.8) is 0 Å². The van der Waals surface area contributed by atoms with Crippen LogP contribution in [0.5, 0.6) is 5.88 Å². The fraction of sp³-hybridized carbons (Fsp3) is 0.150. The average molecular weight is 368 g/mol. The van der Waals surface area contributed by atoms with Crippen molar-refractivity contribution >= 4 is 17.5 Å². The number of nitrogens with one attached hydrogen (secondary N) is 1. The zero-order valence-electron chi connectivity index (χ0n) is 14.3. The fourth-order valence-corrected chi connectivity index (χ4v) is 2.45. The largest absolute Gasteiger partial charge is 0.467 e. The van der Waals surface area contributed by atoms with E-state index in [1.54, 1.807) is 18.2 Å². The maximum atomic E-state index is 12.0. The van der Waals surface area contributed by atoms with Crippen molar-refractivity contribution in [3.8, 4) is 17.3 Å². The Morgan fingerprint density at radius 2 is 1.81 bits per heavy atom. The lowest BCUT2D eigenvalue weighted by atomic mass is 10.2. The summed E-state index contributed by atoms with van der Waals surface area (Å²) in [5.41, 5.74) is 2.62. The molecule has 5 nitrogen and oxygen atoms in total. The number of benzene rings is 2. The molecule has 0 bridgehead atoms. The lowest BCUT2D eigenvalue weighted by Crippen LogP contribution is -2.28. The van der Waals surface area contributed by atoms with Gasteiger partial charge in [0, 0.05) is 28.9 Å². The molecule has 1 aromatic heterocycles. The molecule has 0 radical (unpaired) electrons.